The average molecular weight is 559 g/mol. The molecule has 0 aliphatic rings. The number of nitrogens with one attached hydrogen (secondary N) is 1. The summed E-state index contributed by atoms with van der Waals surface area (Å²) in [6.45, 7) is 4.79. The fourth-order valence-electron chi connectivity index (χ4n) is 3.45. The minimum atomic E-state index is -0.250. The lowest BCUT2D eigenvalue weighted by atomic mass is 10.1. The highest BCUT2D eigenvalue weighted by atomic mass is 79.9. The molecule has 0 radical (unpaired) electrons. The first-order chi connectivity index (χ1) is 16.3. The molecule has 0 unspecified atom stereocenters. The van der Waals surface area contributed by atoms with Crippen LogP contribution >= 0.6 is 39.1 Å². The summed E-state index contributed by atoms with van der Waals surface area (Å²) in [4.78, 5) is 12.7. The van der Waals surface area contributed by atoms with Crippen molar-refractivity contribution in [2.45, 2.75) is 27.0 Å². The summed E-state index contributed by atoms with van der Waals surface area (Å²) in [7, 11) is 0. The van der Waals surface area contributed by atoms with Crippen molar-refractivity contribution in [2.24, 2.45) is 0 Å². The zero-order valence-corrected chi connectivity index (χ0v) is 21.7. The summed E-state index contributed by atoms with van der Waals surface area (Å²) in [5, 5.41) is 8.73. The molecule has 4 rings (SSSR count). The SMILES string of the molecule is Cc1cc(OCc2ccc(C(=O)Nc3nn(Cc4ccccc4Cl)cc3Br)cc2)cc(C)c1Cl. The number of ether oxygens (including phenoxy) is 1. The maximum absolute atomic E-state index is 12.7. The normalized spacial score (nSPS) is 10.9. The van der Waals surface area contributed by atoms with E-state index >= 15 is 0 Å². The van der Waals surface area contributed by atoms with E-state index in [4.69, 9.17) is 27.9 Å². The number of anilines is 1. The molecular formula is C26H22BrCl2N3O2. The molecule has 5 nitrogen and oxygen atoms in total. The molecule has 0 atom stereocenters. The van der Waals surface area contributed by atoms with Crippen molar-refractivity contribution in [3.8, 4) is 5.75 Å². The molecule has 1 amide bonds. The Hall–Kier alpha value is -2.80. The third-order valence-corrected chi connectivity index (χ3v) is 6.82. The van der Waals surface area contributed by atoms with Crippen LogP contribution in [0.15, 0.2) is 71.3 Å². The number of carbonyl (C=O) groups excluding carboxylic acids is 1. The lowest BCUT2D eigenvalue weighted by Crippen LogP contribution is -2.13. The Labute approximate surface area is 216 Å². The van der Waals surface area contributed by atoms with Crippen LogP contribution in [0.25, 0.3) is 0 Å². The van der Waals surface area contributed by atoms with Crippen LogP contribution in [0.2, 0.25) is 10.0 Å². The van der Waals surface area contributed by atoms with Gasteiger partial charge in [0.2, 0.25) is 0 Å². The van der Waals surface area contributed by atoms with Gasteiger partial charge in [-0.1, -0.05) is 53.5 Å². The Morgan fingerprint density at radius 1 is 1.06 bits per heavy atom. The van der Waals surface area contributed by atoms with Crippen LogP contribution in [0, 0.1) is 13.8 Å². The highest BCUT2D eigenvalue weighted by Gasteiger charge is 2.13. The van der Waals surface area contributed by atoms with Crippen molar-refractivity contribution in [3.63, 3.8) is 0 Å². The summed E-state index contributed by atoms with van der Waals surface area (Å²) in [5.74, 6) is 0.955. The Bertz CT molecular complexity index is 1310. The molecule has 0 aliphatic heterocycles. The van der Waals surface area contributed by atoms with Gasteiger partial charge in [0.05, 0.1) is 11.0 Å². The van der Waals surface area contributed by atoms with E-state index in [0.29, 0.717) is 34.0 Å². The smallest absolute Gasteiger partial charge is 0.256 e. The van der Waals surface area contributed by atoms with Crippen LogP contribution in [0.1, 0.15) is 32.6 Å². The number of aromatic nitrogens is 2. The summed E-state index contributed by atoms with van der Waals surface area (Å²) in [5.41, 5.74) is 4.37. The Kier molecular flexibility index (Phi) is 7.61. The summed E-state index contributed by atoms with van der Waals surface area (Å²) in [6.07, 6.45) is 1.81. The van der Waals surface area contributed by atoms with E-state index in [2.05, 4.69) is 26.3 Å². The Morgan fingerprint density at radius 2 is 1.74 bits per heavy atom. The highest BCUT2D eigenvalue weighted by Crippen LogP contribution is 2.27. The van der Waals surface area contributed by atoms with Crippen molar-refractivity contribution in [3.05, 3.63) is 109 Å². The Morgan fingerprint density at radius 3 is 2.41 bits per heavy atom. The largest absolute Gasteiger partial charge is 0.489 e. The number of hydrogen-bond donors (Lipinski definition) is 1. The number of rotatable bonds is 7. The van der Waals surface area contributed by atoms with E-state index in [1.165, 1.54) is 0 Å². The fourth-order valence-corrected chi connectivity index (χ4v) is 4.17. The maximum atomic E-state index is 12.7. The third-order valence-electron chi connectivity index (χ3n) is 5.27. The number of amides is 1. The third kappa shape index (κ3) is 5.81. The molecule has 1 heterocycles. The quantitative estimate of drug-likeness (QED) is 0.256. The molecule has 0 saturated carbocycles. The van der Waals surface area contributed by atoms with Gasteiger partial charge in [0.1, 0.15) is 12.4 Å². The summed E-state index contributed by atoms with van der Waals surface area (Å²) in [6, 6.07) is 18.7. The fraction of sp³-hybridized carbons (Fsp3) is 0.154. The van der Waals surface area contributed by atoms with Crippen LogP contribution < -0.4 is 10.1 Å². The van der Waals surface area contributed by atoms with Gasteiger partial charge >= 0.3 is 0 Å². The van der Waals surface area contributed by atoms with Gasteiger partial charge in [-0.15, -0.1) is 0 Å². The van der Waals surface area contributed by atoms with Crippen LogP contribution in [-0.2, 0) is 13.2 Å². The standard InChI is InChI=1S/C26H22BrCl2N3O2/c1-16-11-21(12-17(2)24(16)29)34-15-18-7-9-19(10-8-18)26(33)30-25-22(27)14-32(31-25)13-20-5-3-4-6-23(20)28/h3-12,14H,13,15H2,1-2H3,(H,30,31,33). The zero-order chi connectivity index (χ0) is 24.2. The first kappa shape index (κ1) is 24.3. The van der Waals surface area contributed by atoms with E-state index < -0.39 is 0 Å². The number of carbonyl (C=O) groups is 1. The molecule has 174 valence electrons. The van der Waals surface area contributed by atoms with Crippen molar-refractivity contribution in [1.82, 2.24) is 9.78 Å². The molecule has 0 aliphatic carbocycles. The zero-order valence-electron chi connectivity index (χ0n) is 18.6. The minimum Gasteiger partial charge on any atom is -0.489 e. The van der Waals surface area contributed by atoms with Crippen molar-refractivity contribution in [2.75, 3.05) is 5.32 Å². The number of nitrogens with zero attached hydrogens (tertiary/aromatic N) is 2. The van der Waals surface area contributed by atoms with Gasteiger partial charge in [-0.2, -0.15) is 5.10 Å². The first-order valence-corrected chi connectivity index (χ1v) is 12.1. The predicted molar refractivity (Wildman–Crippen MR) is 140 cm³/mol. The second-order valence-corrected chi connectivity index (χ2v) is 9.56. The van der Waals surface area contributed by atoms with E-state index in [0.717, 1.165) is 33.0 Å². The Balaban J connectivity index is 1.37. The molecule has 0 fully saturated rings. The van der Waals surface area contributed by atoms with Crippen LogP contribution in [-0.4, -0.2) is 15.7 Å². The van der Waals surface area contributed by atoms with E-state index in [-0.39, 0.29) is 5.91 Å². The molecule has 3 aromatic carbocycles. The van der Waals surface area contributed by atoms with Gasteiger partial charge in [-0.3, -0.25) is 9.48 Å². The number of benzene rings is 3. The number of hydrogen-bond acceptors (Lipinski definition) is 3. The molecule has 0 spiro atoms. The molecule has 0 saturated heterocycles. The topological polar surface area (TPSA) is 56.1 Å². The highest BCUT2D eigenvalue weighted by molar-refractivity contribution is 9.10. The van der Waals surface area contributed by atoms with Crippen molar-refractivity contribution < 1.29 is 9.53 Å². The lowest BCUT2D eigenvalue weighted by molar-refractivity contribution is 0.102. The van der Waals surface area contributed by atoms with Gasteiger partial charge in [-0.05, 0) is 82.4 Å². The second-order valence-electron chi connectivity index (χ2n) is 7.93. The van der Waals surface area contributed by atoms with Gasteiger partial charge in [0, 0.05) is 21.8 Å². The molecule has 8 heteroatoms. The molecule has 1 aromatic heterocycles. The van der Waals surface area contributed by atoms with Crippen LogP contribution in [0.5, 0.6) is 5.75 Å². The lowest BCUT2D eigenvalue weighted by Gasteiger charge is -2.10. The number of halogens is 3. The number of aryl methyl sites for hydroxylation is 2. The van der Waals surface area contributed by atoms with Crippen molar-refractivity contribution in [1.29, 1.82) is 0 Å². The van der Waals surface area contributed by atoms with Crippen LogP contribution in [0.4, 0.5) is 5.82 Å². The van der Waals surface area contributed by atoms with Crippen molar-refractivity contribution >= 4 is 50.9 Å². The van der Waals surface area contributed by atoms with E-state index in [9.17, 15) is 4.79 Å². The van der Waals surface area contributed by atoms with Gasteiger partial charge < -0.3 is 10.1 Å². The average Bonchev–Trinajstić information content (AvgIpc) is 3.16. The van der Waals surface area contributed by atoms with E-state index in [1.807, 2.05) is 62.4 Å². The van der Waals surface area contributed by atoms with Gasteiger partial charge in [0.15, 0.2) is 5.82 Å². The predicted octanol–water partition coefficient (Wildman–Crippen LogP) is 7.45. The van der Waals surface area contributed by atoms with Gasteiger partial charge in [0.25, 0.3) is 5.91 Å². The first-order valence-electron chi connectivity index (χ1n) is 10.6. The molecule has 0 bridgehead atoms. The van der Waals surface area contributed by atoms with Crippen LogP contribution in [0.3, 0.4) is 0 Å². The van der Waals surface area contributed by atoms with Gasteiger partial charge in [-0.25, -0.2) is 0 Å². The molecular weight excluding hydrogens is 537 g/mol. The molecule has 1 N–H and O–H groups in total. The monoisotopic (exact) mass is 557 g/mol. The summed E-state index contributed by atoms with van der Waals surface area (Å²) < 4.78 is 8.30. The second kappa shape index (κ2) is 10.6. The summed E-state index contributed by atoms with van der Waals surface area (Å²) >= 11 is 15.9. The maximum Gasteiger partial charge on any atom is 0.256 e. The molecule has 34 heavy (non-hydrogen) atoms. The minimum absolute atomic E-state index is 0.250. The van der Waals surface area contributed by atoms with E-state index in [1.54, 1.807) is 23.0 Å². The molecule has 4 aromatic rings.